The number of aromatic nitrogens is 1. The van der Waals surface area contributed by atoms with Crippen LogP contribution in [0.1, 0.15) is 47.9 Å². The van der Waals surface area contributed by atoms with Gasteiger partial charge >= 0.3 is 0 Å². The van der Waals surface area contributed by atoms with Crippen molar-refractivity contribution in [1.82, 2.24) is 4.98 Å². The Morgan fingerprint density at radius 3 is 2.13 bits per heavy atom. The summed E-state index contributed by atoms with van der Waals surface area (Å²) in [6.07, 6.45) is 5.82. The molecule has 2 rings (SSSR count). The van der Waals surface area contributed by atoms with Gasteiger partial charge in [-0.15, -0.1) is 0 Å². The summed E-state index contributed by atoms with van der Waals surface area (Å²) in [5, 5.41) is 6.43. The number of nitrogens with two attached hydrogens (primary N) is 4. The number of nitrogens with zero attached hydrogens (tertiary/aromatic N) is 1. The Morgan fingerprint density at radius 2 is 1.55 bits per heavy atom. The van der Waals surface area contributed by atoms with E-state index >= 15 is 0 Å². The molecule has 2 aromatic rings. The van der Waals surface area contributed by atoms with Gasteiger partial charge in [0.2, 0.25) is 11.8 Å². The number of anilines is 4. The van der Waals surface area contributed by atoms with E-state index in [1.807, 2.05) is 12.2 Å². The van der Waals surface area contributed by atoms with Crippen LogP contribution in [0.15, 0.2) is 36.5 Å². The molecule has 208 valence electrons. The first kappa shape index (κ1) is 30.5. The van der Waals surface area contributed by atoms with Crippen LogP contribution >= 0.6 is 0 Å². The maximum Gasteiger partial charge on any atom is 0.250 e. The number of benzene rings is 1. The molecule has 10 N–H and O–H groups in total. The quantitative estimate of drug-likeness (QED) is 0.0896. The molecule has 1 aromatic heterocycles. The smallest absolute Gasteiger partial charge is 0.250 e. The van der Waals surface area contributed by atoms with E-state index in [0.717, 1.165) is 0 Å². The van der Waals surface area contributed by atoms with E-state index in [1.54, 1.807) is 6.07 Å². The first-order valence-corrected chi connectivity index (χ1v) is 15.3. The zero-order chi connectivity index (χ0) is 28.5. The largest absolute Gasteiger partial charge is 0.491 e. The van der Waals surface area contributed by atoms with Crippen molar-refractivity contribution < 1.29 is 18.8 Å². The highest BCUT2D eigenvalue weighted by Crippen LogP contribution is 2.36. The fourth-order valence-electron chi connectivity index (χ4n) is 3.11. The number of amides is 2. The van der Waals surface area contributed by atoms with Crippen LogP contribution in [-0.2, 0) is 4.43 Å². The molecule has 0 spiro atoms. The molecule has 0 fully saturated rings. The van der Waals surface area contributed by atoms with E-state index in [9.17, 15) is 9.59 Å². The SMILES string of the molecule is CC(C)(C)[Si](C)(C)OCCCOc1cc(C(N)=O)cc(N)c1NCC=CCNc1ncc(C(N)=O)cc1N. The van der Waals surface area contributed by atoms with E-state index in [0.29, 0.717) is 61.4 Å². The van der Waals surface area contributed by atoms with Gasteiger partial charge < -0.3 is 42.7 Å². The Hall–Kier alpha value is -3.77. The van der Waals surface area contributed by atoms with Crippen molar-refractivity contribution in [2.75, 3.05) is 48.4 Å². The number of carbonyl (C=O) groups is 2. The molecule has 0 saturated carbocycles. The molecule has 12 heteroatoms. The van der Waals surface area contributed by atoms with Gasteiger partial charge in [-0.2, -0.15) is 0 Å². The molecule has 0 aliphatic carbocycles. The van der Waals surface area contributed by atoms with E-state index in [2.05, 4.69) is 49.5 Å². The van der Waals surface area contributed by atoms with E-state index in [1.165, 1.54) is 18.3 Å². The highest BCUT2D eigenvalue weighted by atomic mass is 28.4. The molecule has 0 saturated heterocycles. The summed E-state index contributed by atoms with van der Waals surface area (Å²) in [7, 11) is -1.83. The minimum absolute atomic E-state index is 0.136. The normalized spacial score (nSPS) is 11.9. The highest BCUT2D eigenvalue weighted by molar-refractivity contribution is 6.74. The Balaban J connectivity index is 1.94. The van der Waals surface area contributed by atoms with E-state index in [4.69, 9.17) is 32.1 Å². The molecule has 2 amide bonds. The van der Waals surface area contributed by atoms with Gasteiger partial charge in [-0.05, 0) is 36.3 Å². The third-order valence-electron chi connectivity index (χ3n) is 6.38. The second-order valence-corrected chi connectivity index (χ2v) is 15.2. The number of hydrogen-bond acceptors (Lipinski definition) is 9. The minimum atomic E-state index is -1.83. The van der Waals surface area contributed by atoms with Crippen LogP contribution in [0.4, 0.5) is 22.9 Å². The number of carbonyl (C=O) groups excluding carboxylic acids is 2. The van der Waals surface area contributed by atoms with Gasteiger partial charge in [-0.3, -0.25) is 9.59 Å². The number of pyridine rings is 1. The first-order chi connectivity index (χ1) is 17.7. The average molecular weight is 544 g/mol. The number of primary amides is 2. The standard InChI is InChI=1S/C26H41N7O4Si/c1-26(2,3)38(4,5)37-12-8-11-36-21-15-17(23(29)34)13-19(27)22(21)31-9-6-7-10-32-25-20(28)14-18(16-33-25)24(30)35/h6-7,13-16,31H,8-12,27-28H2,1-5H3,(H2,29,34)(H2,30,35)(H,32,33). The van der Waals surface area contributed by atoms with Crippen molar-refractivity contribution in [1.29, 1.82) is 0 Å². The summed E-state index contributed by atoms with van der Waals surface area (Å²) < 4.78 is 12.2. The van der Waals surface area contributed by atoms with Crippen molar-refractivity contribution in [3.05, 3.63) is 47.7 Å². The number of hydrogen-bond donors (Lipinski definition) is 6. The van der Waals surface area contributed by atoms with Gasteiger partial charge in [0, 0.05) is 37.9 Å². The summed E-state index contributed by atoms with van der Waals surface area (Å²) in [5.74, 6) is -0.277. The summed E-state index contributed by atoms with van der Waals surface area (Å²) in [5.41, 5.74) is 24.6. The third kappa shape index (κ3) is 8.66. The average Bonchev–Trinajstić information content (AvgIpc) is 2.81. The molecule has 38 heavy (non-hydrogen) atoms. The summed E-state index contributed by atoms with van der Waals surface area (Å²) in [6.45, 7) is 12.9. The molecule has 0 radical (unpaired) electrons. The Labute approximate surface area is 225 Å². The lowest BCUT2D eigenvalue weighted by Crippen LogP contribution is -2.41. The fourth-order valence-corrected chi connectivity index (χ4v) is 4.20. The Morgan fingerprint density at radius 1 is 0.947 bits per heavy atom. The predicted molar refractivity (Wildman–Crippen MR) is 156 cm³/mol. The first-order valence-electron chi connectivity index (χ1n) is 12.4. The lowest BCUT2D eigenvalue weighted by Gasteiger charge is -2.36. The molecular weight excluding hydrogens is 502 g/mol. The summed E-state index contributed by atoms with van der Waals surface area (Å²) >= 11 is 0. The number of nitrogens with one attached hydrogen (secondary N) is 2. The molecular formula is C26H41N7O4Si. The second-order valence-electron chi connectivity index (χ2n) is 10.4. The topological polar surface area (TPSA) is 194 Å². The van der Waals surface area contributed by atoms with Gasteiger partial charge in [0.25, 0.3) is 0 Å². The van der Waals surface area contributed by atoms with Crippen molar-refractivity contribution in [2.45, 2.75) is 45.3 Å². The number of rotatable bonds is 14. The Kier molecular flexibility index (Phi) is 10.5. The molecule has 0 aliphatic heterocycles. The monoisotopic (exact) mass is 543 g/mol. The second kappa shape index (κ2) is 13.2. The van der Waals surface area contributed by atoms with Gasteiger partial charge in [0.05, 0.1) is 23.5 Å². The Bertz CT molecular complexity index is 1160. The van der Waals surface area contributed by atoms with Crippen LogP contribution in [0, 0.1) is 0 Å². The molecule has 0 unspecified atom stereocenters. The van der Waals surface area contributed by atoms with Crippen LogP contribution in [0.25, 0.3) is 0 Å². The van der Waals surface area contributed by atoms with Gasteiger partial charge in [0.1, 0.15) is 17.3 Å². The van der Waals surface area contributed by atoms with Gasteiger partial charge in [-0.1, -0.05) is 32.9 Å². The molecule has 0 bridgehead atoms. The maximum absolute atomic E-state index is 11.7. The maximum atomic E-state index is 11.7. The molecule has 1 heterocycles. The fraction of sp³-hybridized carbons (Fsp3) is 0.423. The van der Waals surface area contributed by atoms with Crippen molar-refractivity contribution in [3.63, 3.8) is 0 Å². The zero-order valence-corrected chi connectivity index (χ0v) is 23.9. The lowest BCUT2D eigenvalue weighted by molar-refractivity contribution is 0.0991. The number of nitrogen functional groups attached to an aromatic ring is 2. The van der Waals surface area contributed by atoms with Crippen LogP contribution in [0.2, 0.25) is 18.1 Å². The number of ether oxygens (including phenoxy) is 1. The molecule has 1 aromatic carbocycles. The summed E-state index contributed by atoms with van der Waals surface area (Å²) in [4.78, 5) is 27.1. The van der Waals surface area contributed by atoms with Gasteiger partial charge in [0.15, 0.2) is 8.32 Å². The van der Waals surface area contributed by atoms with Gasteiger partial charge in [-0.25, -0.2) is 4.98 Å². The van der Waals surface area contributed by atoms with Crippen LogP contribution in [-0.4, -0.2) is 51.4 Å². The zero-order valence-electron chi connectivity index (χ0n) is 22.9. The van der Waals surface area contributed by atoms with E-state index < -0.39 is 20.1 Å². The highest BCUT2D eigenvalue weighted by Gasteiger charge is 2.36. The van der Waals surface area contributed by atoms with Crippen molar-refractivity contribution >= 4 is 43.0 Å². The molecule has 0 aliphatic rings. The van der Waals surface area contributed by atoms with Crippen molar-refractivity contribution in [3.8, 4) is 5.75 Å². The third-order valence-corrected chi connectivity index (χ3v) is 10.9. The summed E-state index contributed by atoms with van der Waals surface area (Å²) in [6, 6.07) is 4.58. The van der Waals surface area contributed by atoms with Crippen LogP contribution in [0.5, 0.6) is 5.75 Å². The molecule has 0 atom stereocenters. The lowest BCUT2D eigenvalue weighted by atomic mass is 10.1. The predicted octanol–water partition coefficient (Wildman–Crippen LogP) is 3.31. The van der Waals surface area contributed by atoms with Crippen LogP contribution < -0.4 is 38.3 Å². The van der Waals surface area contributed by atoms with Crippen molar-refractivity contribution in [2.24, 2.45) is 11.5 Å². The molecule has 11 nitrogen and oxygen atoms in total. The van der Waals surface area contributed by atoms with E-state index in [-0.39, 0.29) is 16.2 Å². The van der Waals surface area contributed by atoms with Crippen LogP contribution in [0.3, 0.4) is 0 Å². The minimum Gasteiger partial charge on any atom is -0.491 e.